The highest BCUT2D eigenvalue weighted by Crippen LogP contribution is 2.19. The third kappa shape index (κ3) is 5.61. The molecule has 0 spiro atoms. The van der Waals surface area contributed by atoms with Crippen LogP contribution >= 0.6 is 0 Å². The van der Waals surface area contributed by atoms with Crippen LogP contribution in [0.4, 0.5) is 0 Å². The molecule has 0 aliphatic carbocycles. The minimum atomic E-state index is -0.411. The molecular formula is C23H22O4. The molecule has 0 unspecified atom stereocenters. The van der Waals surface area contributed by atoms with Gasteiger partial charge in [0, 0.05) is 0 Å². The van der Waals surface area contributed by atoms with Crippen molar-refractivity contribution in [2.24, 2.45) is 0 Å². The van der Waals surface area contributed by atoms with Gasteiger partial charge in [0.1, 0.15) is 30.5 Å². The molecule has 0 bridgehead atoms. The second-order valence-electron chi connectivity index (χ2n) is 6.25. The van der Waals surface area contributed by atoms with Crippen LogP contribution in [0.5, 0.6) is 17.2 Å². The summed E-state index contributed by atoms with van der Waals surface area (Å²) in [4.78, 5) is 12.4. The van der Waals surface area contributed by atoms with Crippen molar-refractivity contribution in [1.82, 2.24) is 0 Å². The number of hydrogen-bond acceptors (Lipinski definition) is 4. The second-order valence-corrected chi connectivity index (χ2v) is 6.25. The third-order valence-corrected chi connectivity index (χ3v) is 3.84. The topological polar surface area (TPSA) is 44.8 Å². The number of ether oxygens (including phenoxy) is 3. The number of benzene rings is 3. The smallest absolute Gasteiger partial charge is 0.343 e. The number of aryl methyl sites for hydroxylation is 2. The second kappa shape index (κ2) is 8.90. The highest BCUT2D eigenvalue weighted by molar-refractivity contribution is 5.91. The van der Waals surface area contributed by atoms with E-state index >= 15 is 0 Å². The number of hydrogen-bond donors (Lipinski definition) is 0. The van der Waals surface area contributed by atoms with Crippen molar-refractivity contribution in [3.63, 3.8) is 0 Å². The molecule has 0 saturated heterocycles. The first-order valence-corrected chi connectivity index (χ1v) is 8.81. The quantitative estimate of drug-likeness (QED) is 0.338. The average Bonchev–Trinajstić information content (AvgIpc) is 2.65. The summed E-state index contributed by atoms with van der Waals surface area (Å²) in [6.07, 6.45) is 0. The highest BCUT2D eigenvalue weighted by atomic mass is 16.5. The molecule has 27 heavy (non-hydrogen) atoms. The normalized spacial score (nSPS) is 10.3. The van der Waals surface area contributed by atoms with Gasteiger partial charge in [-0.3, -0.25) is 0 Å². The number of esters is 1. The van der Waals surface area contributed by atoms with E-state index in [0.717, 1.165) is 16.9 Å². The fourth-order valence-corrected chi connectivity index (χ4v) is 2.71. The van der Waals surface area contributed by atoms with E-state index in [1.54, 1.807) is 24.3 Å². The monoisotopic (exact) mass is 362 g/mol. The van der Waals surface area contributed by atoms with Crippen LogP contribution < -0.4 is 14.2 Å². The molecule has 3 aromatic rings. The number of carbonyl (C=O) groups is 1. The van der Waals surface area contributed by atoms with Crippen molar-refractivity contribution < 1.29 is 19.0 Å². The van der Waals surface area contributed by atoms with Crippen LogP contribution in [-0.2, 0) is 0 Å². The third-order valence-electron chi connectivity index (χ3n) is 3.84. The Kier molecular flexibility index (Phi) is 6.10. The summed E-state index contributed by atoms with van der Waals surface area (Å²) < 4.78 is 16.7. The van der Waals surface area contributed by atoms with Gasteiger partial charge >= 0.3 is 5.97 Å². The summed E-state index contributed by atoms with van der Waals surface area (Å²) in [7, 11) is 0. The predicted octanol–water partition coefficient (Wildman–Crippen LogP) is 4.98. The van der Waals surface area contributed by atoms with Gasteiger partial charge in [-0.05, 0) is 67.4 Å². The maximum atomic E-state index is 12.4. The first-order valence-electron chi connectivity index (χ1n) is 8.81. The molecule has 4 nitrogen and oxygen atoms in total. The zero-order valence-electron chi connectivity index (χ0n) is 15.5. The Bertz CT molecular complexity index is 883. The van der Waals surface area contributed by atoms with Crippen molar-refractivity contribution in [2.75, 3.05) is 13.2 Å². The van der Waals surface area contributed by atoms with Gasteiger partial charge in [0.05, 0.1) is 5.56 Å². The molecule has 0 N–H and O–H groups in total. The molecule has 0 atom stereocenters. The lowest BCUT2D eigenvalue weighted by Crippen LogP contribution is -2.11. The molecule has 0 aromatic heterocycles. The van der Waals surface area contributed by atoms with Gasteiger partial charge < -0.3 is 14.2 Å². The summed E-state index contributed by atoms with van der Waals surface area (Å²) in [5.41, 5.74) is 2.54. The first kappa shape index (κ1) is 18.5. The highest BCUT2D eigenvalue weighted by Gasteiger charge is 2.10. The van der Waals surface area contributed by atoms with E-state index in [9.17, 15) is 4.79 Å². The number of rotatable bonds is 7. The molecule has 138 valence electrons. The summed E-state index contributed by atoms with van der Waals surface area (Å²) in [6, 6.07) is 22.2. The molecule has 0 aliphatic rings. The van der Waals surface area contributed by atoms with Gasteiger partial charge in [-0.2, -0.15) is 0 Å². The van der Waals surface area contributed by atoms with Gasteiger partial charge in [0.2, 0.25) is 0 Å². The Hall–Kier alpha value is -3.27. The van der Waals surface area contributed by atoms with Crippen LogP contribution in [0.2, 0.25) is 0 Å². The van der Waals surface area contributed by atoms with Crippen LogP contribution in [-0.4, -0.2) is 19.2 Å². The van der Waals surface area contributed by atoms with E-state index in [2.05, 4.69) is 0 Å². The van der Waals surface area contributed by atoms with E-state index in [1.807, 2.05) is 62.4 Å². The molecule has 3 rings (SSSR count). The lowest BCUT2D eigenvalue weighted by molar-refractivity contribution is 0.0734. The van der Waals surface area contributed by atoms with Crippen LogP contribution in [0.3, 0.4) is 0 Å². The van der Waals surface area contributed by atoms with Crippen molar-refractivity contribution in [3.05, 3.63) is 89.5 Å². The zero-order valence-corrected chi connectivity index (χ0v) is 15.5. The number of carbonyl (C=O) groups excluding carboxylic acids is 1. The van der Waals surface area contributed by atoms with Crippen LogP contribution in [0, 0.1) is 13.8 Å². The standard InChI is InChI=1S/C23H22O4/c1-17-13-18(2)15-22(14-17)27-23(24)19-7-6-10-21(16-19)26-12-11-25-20-8-4-3-5-9-20/h3-10,13-16H,11-12H2,1-2H3. The van der Waals surface area contributed by atoms with E-state index in [0.29, 0.717) is 30.3 Å². The Balaban J connectivity index is 1.55. The largest absolute Gasteiger partial charge is 0.490 e. The molecule has 0 radical (unpaired) electrons. The molecule has 3 aromatic carbocycles. The van der Waals surface area contributed by atoms with E-state index < -0.39 is 5.97 Å². The fraction of sp³-hybridized carbons (Fsp3) is 0.174. The van der Waals surface area contributed by atoms with Gasteiger partial charge in [-0.15, -0.1) is 0 Å². The zero-order chi connectivity index (χ0) is 19.1. The molecular weight excluding hydrogens is 340 g/mol. The van der Waals surface area contributed by atoms with E-state index in [1.165, 1.54) is 0 Å². The summed E-state index contributed by atoms with van der Waals surface area (Å²) in [6.45, 7) is 4.73. The molecule has 0 saturated carbocycles. The van der Waals surface area contributed by atoms with Crippen LogP contribution in [0.15, 0.2) is 72.8 Å². The van der Waals surface area contributed by atoms with Crippen molar-refractivity contribution in [3.8, 4) is 17.2 Å². The molecule has 0 amide bonds. The van der Waals surface area contributed by atoms with Crippen LogP contribution in [0.1, 0.15) is 21.5 Å². The van der Waals surface area contributed by atoms with Crippen molar-refractivity contribution in [2.45, 2.75) is 13.8 Å². The minimum Gasteiger partial charge on any atom is -0.490 e. The van der Waals surface area contributed by atoms with Crippen molar-refractivity contribution >= 4 is 5.97 Å². The van der Waals surface area contributed by atoms with E-state index in [-0.39, 0.29) is 0 Å². The Morgan fingerprint density at radius 2 is 1.33 bits per heavy atom. The van der Waals surface area contributed by atoms with Gasteiger partial charge in [0.15, 0.2) is 0 Å². The average molecular weight is 362 g/mol. The fourth-order valence-electron chi connectivity index (χ4n) is 2.71. The Morgan fingerprint density at radius 1 is 0.704 bits per heavy atom. The summed E-state index contributed by atoms with van der Waals surface area (Å²) >= 11 is 0. The van der Waals surface area contributed by atoms with Crippen LogP contribution in [0.25, 0.3) is 0 Å². The van der Waals surface area contributed by atoms with Crippen molar-refractivity contribution in [1.29, 1.82) is 0 Å². The predicted molar refractivity (Wildman–Crippen MR) is 105 cm³/mol. The molecule has 0 heterocycles. The maximum absolute atomic E-state index is 12.4. The lowest BCUT2D eigenvalue weighted by atomic mass is 10.1. The number of para-hydroxylation sites is 1. The molecule has 0 aliphatic heterocycles. The lowest BCUT2D eigenvalue weighted by Gasteiger charge is -2.10. The van der Waals surface area contributed by atoms with Gasteiger partial charge in [-0.1, -0.05) is 30.3 Å². The minimum absolute atomic E-state index is 0.379. The molecule has 4 heteroatoms. The summed E-state index contributed by atoms with van der Waals surface area (Å²) in [5, 5.41) is 0. The molecule has 0 fully saturated rings. The van der Waals surface area contributed by atoms with Gasteiger partial charge in [0.25, 0.3) is 0 Å². The SMILES string of the molecule is Cc1cc(C)cc(OC(=O)c2cccc(OCCOc3ccccc3)c2)c1. The Morgan fingerprint density at radius 3 is 2.04 bits per heavy atom. The Labute approximate surface area is 159 Å². The van der Waals surface area contributed by atoms with Gasteiger partial charge in [-0.25, -0.2) is 4.79 Å². The summed E-state index contributed by atoms with van der Waals surface area (Å²) in [5.74, 6) is 1.53. The maximum Gasteiger partial charge on any atom is 0.343 e. The van der Waals surface area contributed by atoms with E-state index in [4.69, 9.17) is 14.2 Å². The first-order chi connectivity index (χ1) is 13.1.